The van der Waals surface area contributed by atoms with Gasteiger partial charge in [-0.05, 0) is 24.5 Å². The second kappa shape index (κ2) is 6.34. The van der Waals surface area contributed by atoms with Gasteiger partial charge in [-0.1, -0.05) is 35.4 Å². The zero-order valence-electron chi connectivity index (χ0n) is 11.8. The molecule has 0 aliphatic carbocycles. The van der Waals surface area contributed by atoms with Gasteiger partial charge in [-0.3, -0.25) is 0 Å². The van der Waals surface area contributed by atoms with Crippen molar-refractivity contribution in [3.8, 4) is 11.3 Å². The minimum Gasteiger partial charge on any atom is -0.222 e. The summed E-state index contributed by atoms with van der Waals surface area (Å²) in [6.07, 6.45) is 1.94. The molecule has 2 heterocycles. The van der Waals surface area contributed by atoms with Gasteiger partial charge < -0.3 is 0 Å². The number of rotatable bonds is 1. The van der Waals surface area contributed by atoms with Crippen molar-refractivity contribution in [1.29, 1.82) is 0 Å². The molecule has 0 aliphatic rings. The lowest BCUT2D eigenvalue weighted by molar-refractivity contribution is -2.00. The molecule has 0 N–H and O–H groups in total. The van der Waals surface area contributed by atoms with Crippen LogP contribution in [0.25, 0.3) is 11.3 Å². The maximum Gasteiger partial charge on any atom is 0.252 e. The molecule has 0 atom stereocenters. The third kappa shape index (κ3) is 4.45. The average molecular weight is 325 g/mol. The predicted molar refractivity (Wildman–Crippen MR) is 63.6 cm³/mol. The fourth-order valence-corrected chi connectivity index (χ4v) is 1.94. The van der Waals surface area contributed by atoms with Crippen LogP contribution in [0.5, 0.6) is 0 Å². The van der Waals surface area contributed by atoms with Gasteiger partial charge in [0, 0.05) is 10.2 Å². The molecule has 0 fully saturated rings. The highest BCUT2D eigenvalue weighted by Gasteiger charge is 2.15. The number of fused-ring (bicyclic) bond motifs is 1. The van der Waals surface area contributed by atoms with E-state index in [0.717, 1.165) is 22.6 Å². The molecular formula is C13H13ClN4O4. The number of hydrogen-bond donors (Lipinski definition) is 0. The first-order chi connectivity index (χ1) is 10.2. The second-order valence-corrected chi connectivity index (χ2v) is 5.25. The molecule has 3 aromatic rings. The molecule has 0 bridgehead atoms. The van der Waals surface area contributed by atoms with Crippen molar-refractivity contribution in [2.75, 3.05) is 0 Å². The highest BCUT2D eigenvalue weighted by molar-refractivity contribution is 5.56. The van der Waals surface area contributed by atoms with Crippen LogP contribution in [0.2, 0.25) is 0 Å². The van der Waals surface area contributed by atoms with Crippen LogP contribution in [0.15, 0.2) is 42.6 Å². The minimum absolute atomic E-state index is 0.928. The topological polar surface area (TPSA) is 127 Å². The van der Waals surface area contributed by atoms with E-state index in [-0.39, 0.29) is 0 Å². The Morgan fingerprint density at radius 3 is 2.23 bits per heavy atom. The van der Waals surface area contributed by atoms with Gasteiger partial charge in [-0.15, -0.1) is 10.2 Å². The highest BCUT2D eigenvalue weighted by Crippen LogP contribution is 2.13. The SMILES string of the molecule is Cc1cc(C)n2nc(-c3ccccc3)c[n+]2n1.[O-][Cl+3]([O-])([O-])[O-]. The van der Waals surface area contributed by atoms with Gasteiger partial charge in [0.2, 0.25) is 0 Å². The van der Waals surface area contributed by atoms with E-state index < -0.39 is 10.2 Å². The Hall–Kier alpha value is -2.10. The van der Waals surface area contributed by atoms with Crippen LogP contribution in [0.3, 0.4) is 0 Å². The van der Waals surface area contributed by atoms with E-state index >= 15 is 0 Å². The zero-order chi connectivity index (χ0) is 16.3. The first kappa shape index (κ1) is 16.3. The van der Waals surface area contributed by atoms with Crippen LogP contribution in [0.1, 0.15) is 11.4 Å². The van der Waals surface area contributed by atoms with Crippen LogP contribution in [0, 0.1) is 24.1 Å². The van der Waals surface area contributed by atoms with E-state index in [1.807, 2.05) is 56.4 Å². The number of benzene rings is 1. The lowest BCUT2D eigenvalue weighted by Crippen LogP contribution is -2.68. The van der Waals surface area contributed by atoms with Gasteiger partial charge in [0.1, 0.15) is 5.69 Å². The Bertz CT molecular complexity index is 765. The van der Waals surface area contributed by atoms with Crippen LogP contribution < -0.4 is 23.3 Å². The van der Waals surface area contributed by atoms with E-state index in [0.29, 0.717) is 0 Å². The van der Waals surface area contributed by atoms with Crippen molar-refractivity contribution in [3.05, 3.63) is 54.0 Å². The molecule has 22 heavy (non-hydrogen) atoms. The number of aromatic nitrogens is 4. The normalized spacial score (nSPS) is 11.2. The van der Waals surface area contributed by atoms with Gasteiger partial charge in [0.25, 0.3) is 5.69 Å². The van der Waals surface area contributed by atoms with E-state index in [4.69, 9.17) is 18.6 Å². The molecule has 8 nitrogen and oxygen atoms in total. The van der Waals surface area contributed by atoms with Gasteiger partial charge >= 0.3 is 0 Å². The molecule has 0 unspecified atom stereocenters. The summed E-state index contributed by atoms with van der Waals surface area (Å²) in [4.78, 5) is 0. The van der Waals surface area contributed by atoms with E-state index in [1.54, 1.807) is 9.26 Å². The molecule has 1 aromatic carbocycles. The van der Waals surface area contributed by atoms with E-state index in [9.17, 15) is 0 Å². The van der Waals surface area contributed by atoms with Gasteiger partial charge in [-0.2, -0.15) is 0 Å². The zero-order valence-corrected chi connectivity index (χ0v) is 12.6. The van der Waals surface area contributed by atoms with Crippen LogP contribution in [-0.2, 0) is 0 Å². The maximum absolute atomic E-state index is 8.49. The third-order valence-corrected chi connectivity index (χ3v) is 2.70. The number of nitrogens with zero attached hydrogens (tertiary/aromatic N) is 4. The number of hydrogen-bond acceptors (Lipinski definition) is 6. The summed E-state index contributed by atoms with van der Waals surface area (Å²) in [5.41, 5.74) is 4.08. The number of aryl methyl sites for hydroxylation is 2. The van der Waals surface area contributed by atoms with Crippen molar-refractivity contribution >= 4 is 0 Å². The summed E-state index contributed by atoms with van der Waals surface area (Å²) in [6, 6.07) is 12.1. The molecule has 0 saturated heterocycles. The quantitative estimate of drug-likeness (QED) is 0.435. The fourth-order valence-electron chi connectivity index (χ4n) is 1.94. The lowest BCUT2D eigenvalue weighted by Gasteiger charge is -2.17. The first-order valence-electron chi connectivity index (χ1n) is 6.17. The molecule has 3 rings (SSSR count). The molecule has 0 amide bonds. The summed E-state index contributed by atoms with van der Waals surface area (Å²) < 4.78 is 37.5. The molecule has 2 aromatic heterocycles. The molecule has 116 valence electrons. The maximum atomic E-state index is 8.49. The van der Waals surface area contributed by atoms with Crippen LogP contribution in [-0.4, -0.2) is 14.8 Å². The highest BCUT2D eigenvalue weighted by atomic mass is 35.7. The largest absolute Gasteiger partial charge is 0.252 e. The van der Waals surface area contributed by atoms with Crippen LogP contribution in [0.4, 0.5) is 0 Å². The van der Waals surface area contributed by atoms with Crippen molar-refractivity contribution < 1.29 is 33.5 Å². The molecule has 0 aliphatic heterocycles. The minimum atomic E-state index is -4.94. The first-order valence-corrected chi connectivity index (χ1v) is 7.41. The fraction of sp³-hybridized carbons (Fsp3) is 0.154. The number of halogens is 1. The standard InChI is InChI=1S/C13H13N4.ClHO4/c1-10-8-11(2)17-15-13(9-16(17)14-10)12-6-4-3-5-7-12;2-1(3,4)5/h3-9H,1-2H3;(H,2,3,4,5)/q+1;/p-1. The van der Waals surface area contributed by atoms with Gasteiger partial charge in [0.15, 0.2) is 6.20 Å². The van der Waals surface area contributed by atoms with Crippen LogP contribution >= 0.6 is 0 Å². The molecular weight excluding hydrogens is 312 g/mol. The van der Waals surface area contributed by atoms with Gasteiger partial charge in [-0.25, -0.2) is 18.6 Å². The Kier molecular flexibility index (Phi) is 4.69. The second-order valence-electron chi connectivity index (χ2n) is 4.50. The Labute approximate surface area is 128 Å². The van der Waals surface area contributed by atoms with Gasteiger partial charge in [0.05, 0.1) is 10.8 Å². The summed E-state index contributed by atoms with van der Waals surface area (Å²) in [5.74, 6) is 0. The van der Waals surface area contributed by atoms with Crippen molar-refractivity contribution in [2.24, 2.45) is 0 Å². The van der Waals surface area contributed by atoms with E-state index in [2.05, 4.69) is 10.2 Å². The molecule has 9 heteroatoms. The van der Waals surface area contributed by atoms with Crippen molar-refractivity contribution in [3.63, 3.8) is 0 Å². The molecule has 0 spiro atoms. The molecule has 0 saturated carbocycles. The summed E-state index contributed by atoms with van der Waals surface area (Å²) >= 11 is 0. The third-order valence-electron chi connectivity index (χ3n) is 2.70. The lowest BCUT2D eigenvalue weighted by atomic mass is 10.2. The van der Waals surface area contributed by atoms with Crippen molar-refractivity contribution in [2.45, 2.75) is 13.8 Å². The smallest absolute Gasteiger partial charge is 0.222 e. The summed E-state index contributed by atoms with van der Waals surface area (Å²) in [7, 11) is -4.94. The summed E-state index contributed by atoms with van der Waals surface area (Å²) in [6.45, 7) is 4.01. The van der Waals surface area contributed by atoms with Crippen molar-refractivity contribution in [1.82, 2.24) is 14.8 Å². The average Bonchev–Trinajstić information content (AvgIpc) is 2.82. The predicted octanol–water partition coefficient (Wildman–Crippen LogP) is -3.16. The Balaban J connectivity index is 0.000000309. The monoisotopic (exact) mass is 324 g/mol. The Morgan fingerprint density at radius 2 is 1.64 bits per heavy atom. The van der Waals surface area contributed by atoms with E-state index in [1.165, 1.54) is 0 Å². The Morgan fingerprint density at radius 1 is 1.05 bits per heavy atom. The summed E-state index contributed by atoms with van der Waals surface area (Å²) in [5, 5.41) is 8.94. The molecule has 0 radical (unpaired) electrons.